The number of rotatable bonds is 52. The zero-order valence-corrected chi connectivity index (χ0v) is 41.3. The predicted octanol–water partition coefficient (Wildman–Crippen LogP) is 18.1. The van der Waals surface area contributed by atoms with E-state index in [2.05, 4.69) is 31.3 Å². The fourth-order valence-corrected chi connectivity index (χ4v) is 9.01. The van der Waals surface area contributed by atoms with E-state index in [-0.39, 0.29) is 12.5 Å². The molecule has 1 amide bonds. The van der Waals surface area contributed by atoms with Crippen LogP contribution in [0.3, 0.4) is 0 Å². The van der Waals surface area contributed by atoms with Crippen LogP contribution in [0.25, 0.3) is 0 Å². The molecular weight excluding hydrogens is 735 g/mol. The molecule has 0 rings (SSSR count). The monoisotopic (exact) mass is 846 g/mol. The van der Waals surface area contributed by atoms with Gasteiger partial charge in [-0.3, -0.25) is 4.79 Å². The van der Waals surface area contributed by atoms with E-state index in [9.17, 15) is 15.0 Å². The number of hydrogen-bond donors (Lipinski definition) is 3. The number of allylic oxidation sites excluding steroid dienone is 2. The number of aliphatic hydroxyl groups excluding tert-OH is 2. The lowest BCUT2D eigenvalue weighted by molar-refractivity contribution is -0.123. The molecule has 0 aromatic heterocycles. The zero-order chi connectivity index (χ0) is 43.5. The molecule has 0 bridgehead atoms. The quantitative estimate of drug-likeness (QED) is 0.0422. The fourth-order valence-electron chi connectivity index (χ4n) is 9.01. The summed E-state index contributed by atoms with van der Waals surface area (Å²) in [5.74, 6) is -0.0255. The highest BCUT2D eigenvalue weighted by molar-refractivity contribution is 5.76. The molecule has 60 heavy (non-hydrogen) atoms. The van der Waals surface area contributed by atoms with Crippen molar-refractivity contribution in [3.63, 3.8) is 0 Å². The second kappa shape index (κ2) is 52.5. The van der Waals surface area contributed by atoms with Crippen LogP contribution >= 0.6 is 0 Å². The smallest absolute Gasteiger partial charge is 0.220 e. The molecule has 0 saturated carbocycles. The third kappa shape index (κ3) is 48.2. The Kier molecular flexibility index (Phi) is 51.7. The SMILES string of the molecule is CCCCCCCCCCCCCC/C=C\CCCCCCCCCCCCCCC(=O)NC(CO)C(O)CCCCCCCCCCCCCCCCCCCCCC. The maximum Gasteiger partial charge on any atom is 0.220 e. The number of amides is 1. The van der Waals surface area contributed by atoms with Gasteiger partial charge >= 0.3 is 0 Å². The summed E-state index contributed by atoms with van der Waals surface area (Å²) in [5.41, 5.74) is 0. The van der Waals surface area contributed by atoms with Crippen LogP contribution in [-0.4, -0.2) is 34.9 Å². The van der Waals surface area contributed by atoms with Gasteiger partial charge in [-0.2, -0.15) is 0 Å². The Bertz CT molecular complexity index is 829. The fraction of sp³-hybridized carbons (Fsp3) is 0.946. The van der Waals surface area contributed by atoms with Gasteiger partial charge in [-0.05, 0) is 38.5 Å². The van der Waals surface area contributed by atoms with E-state index in [0.717, 1.165) is 25.7 Å². The second-order valence-corrected chi connectivity index (χ2v) is 19.4. The van der Waals surface area contributed by atoms with Crippen molar-refractivity contribution >= 4 is 5.91 Å². The minimum absolute atomic E-state index is 0.0255. The molecule has 0 aliphatic carbocycles. The molecule has 0 aliphatic rings. The first-order chi connectivity index (χ1) is 29.7. The summed E-state index contributed by atoms with van der Waals surface area (Å²) in [6.07, 6.45) is 67.7. The first kappa shape index (κ1) is 59.1. The molecule has 0 fully saturated rings. The maximum atomic E-state index is 12.5. The molecule has 0 aromatic rings. The Balaban J connectivity index is 3.42. The second-order valence-electron chi connectivity index (χ2n) is 19.4. The van der Waals surface area contributed by atoms with Gasteiger partial charge in [0.2, 0.25) is 5.91 Å². The molecule has 0 heterocycles. The van der Waals surface area contributed by atoms with E-state index in [1.807, 2.05) is 0 Å². The van der Waals surface area contributed by atoms with Gasteiger partial charge in [0, 0.05) is 6.42 Å². The summed E-state index contributed by atoms with van der Waals surface area (Å²) >= 11 is 0. The summed E-state index contributed by atoms with van der Waals surface area (Å²) < 4.78 is 0. The summed E-state index contributed by atoms with van der Waals surface area (Å²) in [7, 11) is 0. The normalized spacial score (nSPS) is 12.8. The Morgan fingerprint density at radius 1 is 0.383 bits per heavy atom. The van der Waals surface area contributed by atoms with Crippen molar-refractivity contribution in [3.8, 4) is 0 Å². The van der Waals surface area contributed by atoms with Crippen molar-refractivity contribution in [2.45, 2.75) is 334 Å². The van der Waals surface area contributed by atoms with Gasteiger partial charge in [0.15, 0.2) is 0 Å². The van der Waals surface area contributed by atoms with E-state index in [4.69, 9.17) is 0 Å². The molecule has 0 spiro atoms. The van der Waals surface area contributed by atoms with Crippen molar-refractivity contribution in [2.75, 3.05) is 6.61 Å². The van der Waals surface area contributed by atoms with Crippen molar-refractivity contribution < 1.29 is 15.0 Å². The predicted molar refractivity (Wildman–Crippen MR) is 267 cm³/mol. The molecule has 3 N–H and O–H groups in total. The van der Waals surface area contributed by atoms with E-state index in [0.29, 0.717) is 12.8 Å². The largest absolute Gasteiger partial charge is 0.394 e. The highest BCUT2D eigenvalue weighted by Crippen LogP contribution is 2.18. The Hall–Kier alpha value is -0.870. The number of aliphatic hydroxyl groups is 2. The van der Waals surface area contributed by atoms with Crippen LogP contribution in [0.2, 0.25) is 0 Å². The van der Waals surface area contributed by atoms with Crippen LogP contribution in [0.1, 0.15) is 322 Å². The van der Waals surface area contributed by atoms with E-state index in [1.54, 1.807) is 0 Å². The van der Waals surface area contributed by atoms with Gasteiger partial charge in [-0.1, -0.05) is 289 Å². The van der Waals surface area contributed by atoms with Crippen LogP contribution < -0.4 is 5.32 Å². The molecule has 0 aliphatic heterocycles. The number of carbonyl (C=O) groups is 1. The molecule has 2 unspecified atom stereocenters. The third-order valence-electron chi connectivity index (χ3n) is 13.3. The summed E-state index contributed by atoms with van der Waals surface area (Å²) in [6.45, 7) is 4.40. The molecule has 0 aromatic carbocycles. The lowest BCUT2D eigenvalue weighted by Gasteiger charge is -2.22. The number of carbonyl (C=O) groups excluding carboxylic acids is 1. The molecule has 0 radical (unpaired) electrons. The zero-order valence-electron chi connectivity index (χ0n) is 41.3. The first-order valence-electron chi connectivity index (χ1n) is 27.9. The summed E-state index contributed by atoms with van der Waals surface area (Å²) in [6, 6.07) is -0.534. The standard InChI is InChI=1S/C56H111NO3/c1-3-5-7-9-11-13-15-17-19-21-23-25-26-27-28-29-30-31-32-34-36-38-40-42-44-46-48-50-52-56(60)57-54(53-58)55(59)51-49-47-45-43-41-39-37-35-33-24-22-20-18-16-14-12-10-8-6-4-2/h27-28,54-55,58-59H,3-26,29-53H2,1-2H3,(H,57,60)/b28-27-. The summed E-state index contributed by atoms with van der Waals surface area (Å²) in [4.78, 5) is 12.5. The molecule has 4 heteroatoms. The van der Waals surface area contributed by atoms with Crippen LogP contribution in [0.4, 0.5) is 0 Å². The van der Waals surface area contributed by atoms with Gasteiger partial charge in [0.25, 0.3) is 0 Å². The van der Waals surface area contributed by atoms with Crippen molar-refractivity contribution in [2.24, 2.45) is 0 Å². The van der Waals surface area contributed by atoms with Gasteiger partial charge < -0.3 is 15.5 Å². The Morgan fingerprint density at radius 3 is 0.917 bits per heavy atom. The molecular formula is C56H111NO3. The van der Waals surface area contributed by atoms with Crippen LogP contribution in [0.15, 0.2) is 12.2 Å². The number of unbranched alkanes of at least 4 members (excludes halogenated alkanes) is 43. The van der Waals surface area contributed by atoms with E-state index >= 15 is 0 Å². The lowest BCUT2D eigenvalue weighted by atomic mass is 10.0. The molecule has 2 atom stereocenters. The van der Waals surface area contributed by atoms with Gasteiger partial charge in [-0.25, -0.2) is 0 Å². The average Bonchev–Trinajstić information content (AvgIpc) is 3.25. The first-order valence-corrected chi connectivity index (χ1v) is 27.9. The van der Waals surface area contributed by atoms with Gasteiger partial charge in [-0.15, -0.1) is 0 Å². The minimum atomic E-state index is -0.657. The lowest BCUT2D eigenvalue weighted by Crippen LogP contribution is -2.45. The molecule has 358 valence electrons. The average molecular weight is 847 g/mol. The minimum Gasteiger partial charge on any atom is -0.394 e. The summed E-state index contributed by atoms with van der Waals surface area (Å²) in [5, 5.41) is 23.3. The topological polar surface area (TPSA) is 69.6 Å². The van der Waals surface area contributed by atoms with Crippen molar-refractivity contribution in [3.05, 3.63) is 12.2 Å². The van der Waals surface area contributed by atoms with Gasteiger partial charge in [0.05, 0.1) is 18.8 Å². The third-order valence-corrected chi connectivity index (χ3v) is 13.3. The van der Waals surface area contributed by atoms with Crippen molar-refractivity contribution in [1.29, 1.82) is 0 Å². The van der Waals surface area contributed by atoms with Crippen LogP contribution in [0.5, 0.6) is 0 Å². The Morgan fingerprint density at radius 2 is 0.633 bits per heavy atom. The van der Waals surface area contributed by atoms with E-state index in [1.165, 1.54) is 270 Å². The van der Waals surface area contributed by atoms with Gasteiger partial charge in [0.1, 0.15) is 0 Å². The number of nitrogens with one attached hydrogen (secondary N) is 1. The highest BCUT2D eigenvalue weighted by atomic mass is 16.3. The van der Waals surface area contributed by atoms with E-state index < -0.39 is 12.1 Å². The molecule has 4 nitrogen and oxygen atoms in total. The van der Waals surface area contributed by atoms with Crippen LogP contribution in [-0.2, 0) is 4.79 Å². The number of hydrogen-bond acceptors (Lipinski definition) is 3. The van der Waals surface area contributed by atoms with Crippen molar-refractivity contribution in [1.82, 2.24) is 5.32 Å². The highest BCUT2D eigenvalue weighted by Gasteiger charge is 2.20. The maximum absolute atomic E-state index is 12.5. The molecule has 0 saturated heterocycles. The Labute approximate surface area is 377 Å². The van der Waals surface area contributed by atoms with Crippen LogP contribution in [0, 0.1) is 0 Å².